The van der Waals surface area contributed by atoms with Crippen LogP contribution in [0.1, 0.15) is 34.5 Å². The molecule has 7 heteroatoms. The van der Waals surface area contributed by atoms with Crippen LogP contribution in [0, 0.1) is 12.8 Å². The second-order valence-corrected chi connectivity index (χ2v) is 7.77. The zero-order chi connectivity index (χ0) is 20.4. The first-order valence-electron chi connectivity index (χ1n) is 9.66. The van der Waals surface area contributed by atoms with Crippen molar-refractivity contribution in [3.05, 3.63) is 70.6 Å². The van der Waals surface area contributed by atoms with Gasteiger partial charge < -0.3 is 14.0 Å². The minimum atomic E-state index is -0.225. The Morgan fingerprint density at radius 2 is 1.90 bits per heavy atom. The number of halogens is 1. The van der Waals surface area contributed by atoms with Crippen LogP contribution in [0.15, 0.2) is 48.8 Å². The molecule has 3 aromatic rings. The van der Waals surface area contributed by atoms with Crippen molar-refractivity contribution in [1.82, 2.24) is 14.3 Å². The van der Waals surface area contributed by atoms with E-state index in [1.54, 1.807) is 29.2 Å². The fourth-order valence-corrected chi connectivity index (χ4v) is 3.76. The van der Waals surface area contributed by atoms with Gasteiger partial charge in [0.25, 0.3) is 5.91 Å². The summed E-state index contributed by atoms with van der Waals surface area (Å²) in [6.45, 7) is 3.23. The normalized spacial score (nSPS) is 14.9. The van der Waals surface area contributed by atoms with E-state index in [4.69, 9.17) is 16.3 Å². The molecule has 4 rings (SSSR count). The smallest absolute Gasteiger partial charge is 0.309 e. The number of ether oxygens (including phenoxy) is 1. The quantitative estimate of drug-likeness (QED) is 0.611. The highest BCUT2D eigenvalue weighted by atomic mass is 35.5. The number of pyridine rings is 1. The monoisotopic (exact) mass is 411 g/mol. The number of likely N-dealkylation sites (tertiary alicyclic amines) is 1. The fourth-order valence-electron chi connectivity index (χ4n) is 3.63. The summed E-state index contributed by atoms with van der Waals surface area (Å²) in [6.07, 6.45) is 5.00. The van der Waals surface area contributed by atoms with Gasteiger partial charge in [-0.25, -0.2) is 4.98 Å². The Morgan fingerprint density at radius 1 is 1.17 bits per heavy atom. The molecule has 1 fully saturated rings. The van der Waals surface area contributed by atoms with Gasteiger partial charge in [0, 0.05) is 36.1 Å². The molecule has 150 valence electrons. The van der Waals surface area contributed by atoms with Gasteiger partial charge in [-0.2, -0.15) is 0 Å². The molecule has 0 radical (unpaired) electrons. The summed E-state index contributed by atoms with van der Waals surface area (Å²) in [5, 5.41) is 0.601. The first-order chi connectivity index (χ1) is 14.0. The van der Waals surface area contributed by atoms with Gasteiger partial charge in [0.05, 0.1) is 11.6 Å². The lowest BCUT2D eigenvalue weighted by molar-refractivity contribution is -0.151. The second kappa shape index (κ2) is 8.25. The van der Waals surface area contributed by atoms with Crippen molar-refractivity contribution in [3.63, 3.8) is 0 Å². The van der Waals surface area contributed by atoms with Crippen molar-refractivity contribution in [2.75, 3.05) is 13.1 Å². The third-order valence-corrected chi connectivity index (χ3v) is 5.55. The third-order valence-electron chi connectivity index (χ3n) is 5.30. The standard InChI is InChI=1S/C22H22ClN3O3/c1-15-3-2-10-26-13-19(24-20(15)26)14-29-22(28)17-8-11-25(12-9-17)21(27)16-4-6-18(23)7-5-16/h2-7,10,13,17H,8-9,11-12,14H2,1H3. The molecule has 0 atom stereocenters. The highest BCUT2D eigenvalue weighted by molar-refractivity contribution is 6.30. The number of esters is 1. The molecule has 0 unspecified atom stereocenters. The average Bonchev–Trinajstić information content (AvgIpc) is 3.17. The number of benzene rings is 1. The lowest BCUT2D eigenvalue weighted by Gasteiger charge is -2.31. The molecule has 1 saturated heterocycles. The molecule has 0 bridgehead atoms. The molecular weight excluding hydrogens is 390 g/mol. The SMILES string of the molecule is Cc1cccn2cc(COC(=O)C3CCN(C(=O)c4ccc(Cl)cc4)CC3)nc12. The van der Waals surface area contributed by atoms with Crippen LogP contribution in [0.5, 0.6) is 0 Å². The third kappa shape index (κ3) is 4.27. The van der Waals surface area contributed by atoms with E-state index in [9.17, 15) is 9.59 Å². The van der Waals surface area contributed by atoms with Crippen LogP contribution in [0.4, 0.5) is 0 Å². The van der Waals surface area contributed by atoms with E-state index in [0.29, 0.717) is 36.5 Å². The predicted molar refractivity (Wildman–Crippen MR) is 110 cm³/mol. The van der Waals surface area contributed by atoms with Gasteiger partial charge >= 0.3 is 5.97 Å². The van der Waals surface area contributed by atoms with Crippen LogP contribution in [0.25, 0.3) is 5.65 Å². The maximum atomic E-state index is 12.6. The molecule has 0 spiro atoms. The summed E-state index contributed by atoms with van der Waals surface area (Å²) < 4.78 is 7.43. The van der Waals surface area contributed by atoms with Gasteiger partial charge in [0.2, 0.25) is 0 Å². The Kier molecular flexibility index (Phi) is 5.53. The van der Waals surface area contributed by atoms with Gasteiger partial charge in [-0.3, -0.25) is 9.59 Å². The van der Waals surface area contributed by atoms with Crippen LogP contribution >= 0.6 is 11.6 Å². The number of imidazole rings is 1. The van der Waals surface area contributed by atoms with Crippen molar-refractivity contribution in [3.8, 4) is 0 Å². The topological polar surface area (TPSA) is 63.9 Å². The molecule has 1 aliphatic rings. The number of aromatic nitrogens is 2. The van der Waals surface area contributed by atoms with Crippen molar-refractivity contribution in [2.24, 2.45) is 5.92 Å². The van der Waals surface area contributed by atoms with Crippen molar-refractivity contribution < 1.29 is 14.3 Å². The van der Waals surface area contributed by atoms with Crippen molar-refractivity contribution in [1.29, 1.82) is 0 Å². The van der Waals surface area contributed by atoms with E-state index in [1.165, 1.54) is 0 Å². The first-order valence-corrected chi connectivity index (χ1v) is 10.0. The number of aryl methyl sites for hydroxylation is 1. The number of carbonyl (C=O) groups is 2. The summed E-state index contributed by atoms with van der Waals surface area (Å²) in [5.41, 5.74) is 3.27. The van der Waals surface area contributed by atoms with E-state index >= 15 is 0 Å². The first kappa shape index (κ1) is 19.5. The maximum Gasteiger partial charge on any atom is 0.309 e. The zero-order valence-corrected chi connectivity index (χ0v) is 16.9. The number of nitrogens with zero attached hydrogens (tertiary/aromatic N) is 3. The number of hydrogen-bond donors (Lipinski definition) is 0. The van der Waals surface area contributed by atoms with Gasteiger partial charge in [0.1, 0.15) is 12.3 Å². The largest absolute Gasteiger partial charge is 0.459 e. The lowest BCUT2D eigenvalue weighted by atomic mass is 9.96. The second-order valence-electron chi connectivity index (χ2n) is 7.34. The number of carbonyl (C=O) groups excluding carboxylic acids is 2. The lowest BCUT2D eigenvalue weighted by Crippen LogP contribution is -2.40. The summed E-state index contributed by atoms with van der Waals surface area (Å²) in [7, 11) is 0. The number of hydrogen-bond acceptors (Lipinski definition) is 4. The van der Waals surface area contributed by atoms with Gasteiger partial charge in [-0.15, -0.1) is 0 Å². The number of rotatable bonds is 4. The molecular formula is C22H22ClN3O3. The number of amides is 1. The summed E-state index contributed by atoms with van der Waals surface area (Å²) in [4.78, 5) is 31.3. The van der Waals surface area contributed by atoms with Crippen LogP contribution in [-0.4, -0.2) is 39.3 Å². The maximum absolute atomic E-state index is 12.6. The summed E-state index contributed by atoms with van der Waals surface area (Å²) >= 11 is 5.88. The molecule has 3 heterocycles. The Labute approximate surface area is 174 Å². The summed E-state index contributed by atoms with van der Waals surface area (Å²) in [6, 6.07) is 10.8. The van der Waals surface area contributed by atoms with E-state index in [-0.39, 0.29) is 24.4 Å². The molecule has 1 aromatic carbocycles. The highest BCUT2D eigenvalue weighted by Crippen LogP contribution is 2.22. The molecule has 0 saturated carbocycles. The van der Waals surface area contributed by atoms with Crippen molar-refractivity contribution in [2.45, 2.75) is 26.4 Å². The van der Waals surface area contributed by atoms with Crippen LogP contribution in [-0.2, 0) is 16.1 Å². The van der Waals surface area contributed by atoms with Crippen LogP contribution in [0.2, 0.25) is 5.02 Å². The van der Waals surface area contributed by atoms with E-state index in [1.807, 2.05) is 35.9 Å². The molecule has 1 aliphatic heterocycles. The van der Waals surface area contributed by atoms with E-state index in [2.05, 4.69) is 4.98 Å². The predicted octanol–water partition coefficient (Wildman–Crippen LogP) is 3.89. The van der Waals surface area contributed by atoms with Crippen molar-refractivity contribution >= 4 is 29.1 Å². The van der Waals surface area contributed by atoms with Crippen LogP contribution < -0.4 is 0 Å². The van der Waals surface area contributed by atoms with Gasteiger partial charge in [-0.05, 0) is 55.7 Å². The van der Waals surface area contributed by atoms with E-state index in [0.717, 1.165) is 16.9 Å². The minimum Gasteiger partial charge on any atom is -0.459 e. The van der Waals surface area contributed by atoms with Gasteiger partial charge in [0.15, 0.2) is 0 Å². The molecule has 0 N–H and O–H groups in total. The average molecular weight is 412 g/mol. The Bertz CT molecular complexity index is 1040. The molecule has 6 nitrogen and oxygen atoms in total. The summed E-state index contributed by atoms with van der Waals surface area (Å²) in [5.74, 6) is -0.450. The van der Waals surface area contributed by atoms with E-state index < -0.39 is 0 Å². The Balaban J connectivity index is 1.30. The fraction of sp³-hybridized carbons (Fsp3) is 0.318. The Hall–Kier alpha value is -2.86. The Morgan fingerprint density at radius 3 is 2.59 bits per heavy atom. The number of fused-ring (bicyclic) bond motifs is 1. The highest BCUT2D eigenvalue weighted by Gasteiger charge is 2.29. The zero-order valence-electron chi connectivity index (χ0n) is 16.2. The molecule has 29 heavy (non-hydrogen) atoms. The molecule has 1 amide bonds. The number of piperidine rings is 1. The van der Waals surface area contributed by atoms with Crippen LogP contribution in [0.3, 0.4) is 0 Å². The molecule has 2 aromatic heterocycles. The molecule has 0 aliphatic carbocycles. The van der Waals surface area contributed by atoms with Gasteiger partial charge in [-0.1, -0.05) is 17.7 Å². The minimum absolute atomic E-state index is 0.0337.